The summed E-state index contributed by atoms with van der Waals surface area (Å²) in [6.07, 6.45) is 0. The standard InChI is InChI=1S/C12H26O7.H3O4P/c13-1-3-15-5-7-17-9-11-19-12-10-18-8-6-16-4-2-14;1-5(2,3)4/h13-14H,1-12H2;(H3,1,2,3,4). The summed E-state index contributed by atoms with van der Waals surface area (Å²) in [6, 6.07) is 0. The molecule has 0 aliphatic carbocycles. The monoisotopic (exact) mass is 380 g/mol. The summed E-state index contributed by atoms with van der Waals surface area (Å²) in [7, 11) is -4.64. The molecule has 24 heavy (non-hydrogen) atoms. The second kappa shape index (κ2) is 20.9. The summed E-state index contributed by atoms with van der Waals surface area (Å²) >= 11 is 0. The molecule has 0 atom stereocenters. The molecule has 0 spiro atoms. The van der Waals surface area contributed by atoms with Crippen molar-refractivity contribution < 1.29 is 53.1 Å². The maximum atomic E-state index is 8.88. The highest BCUT2D eigenvalue weighted by Gasteiger charge is 2.00. The third kappa shape index (κ3) is 37.8. The van der Waals surface area contributed by atoms with Crippen LogP contribution in [0.5, 0.6) is 0 Å². The molecular formula is C12H29O11P. The third-order valence-electron chi connectivity index (χ3n) is 1.96. The predicted molar refractivity (Wildman–Crippen MR) is 82.5 cm³/mol. The van der Waals surface area contributed by atoms with E-state index in [4.69, 9.17) is 53.1 Å². The van der Waals surface area contributed by atoms with Gasteiger partial charge in [0.2, 0.25) is 0 Å². The van der Waals surface area contributed by atoms with E-state index in [0.717, 1.165) is 0 Å². The Bertz CT molecular complexity index is 249. The van der Waals surface area contributed by atoms with Gasteiger partial charge in [-0.1, -0.05) is 0 Å². The molecule has 0 amide bonds. The number of aliphatic hydroxyl groups is 2. The van der Waals surface area contributed by atoms with E-state index < -0.39 is 7.82 Å². The van der Waals surface area contributed by atoms with E-state index >= 15 is 0 Å². The highest BCUT2D eigenvalue weighted by atomic mass is 31.2. The summed E-state index contributed by atoms with van der Waals surface area (Å²) in [6.45, 7) is 4.80. The number of aliphatic hydroxyl groups excluding tert-OH is 2. The van der Waals surface area contributed by atoms with Gasteiger partial charge >= 0.3 is 7.82 Å². The van der Waals surface area contributed by atoms with Gasteiger partial charge in [0.15, 0.2) is 0 Å². The van der Waals surface area contributed by atoms with E-state index in [9.17, 15) is 0 Å². The molecule has 12 heteroatoms. The zero-order valence-corrected chi connectivity index (χ0v) is 14.5. The smallest absolute Gasteiger partial charge is 0.394 e. The van der Waals surface area contributed by atoms with Crippen LogP contribution in [0.15, 0.2) is 0 Å². The van der Waals surface area contributed by atoms with Crippen LogP contribution in [0.2, 0.25) is 0 Å². The lowest BCUT2D eigenvalue weighted by Crippen LogP contribution is -2.14. The number of hydrogen-bond donors (Lipinski definition) is 5. The molecule has 11 nitrogen and oxygen atoms in total. The van der Waals surface area contributed by atoms with Crippen LogP contribution in [-0.4, -0.2) is 104 Å². The molecule has 5 N–H and O–H groups in total. The van der Waals surface area contributed by atoms with E-state index in [-0.39, 0.29) is 13.2 Å². The SMILES string of the molecule is O=P(O)(O)O.OCCOCCOCCOCCOCCOCCO. The molecule has 0 heterocycles. The van der Waals surface area contributed by atoms with Crippen molar-refractivity contribution in [1.82, 2.24) is 0 Å². The van der Waals surface area contributed by atoms with Gasteiger partial charge in [0.25, 0.3) is 0 Å². The van der Waals surface area contributed by atoms with Crippen LogP contribution in [0.25, 0.3) is 0 Å². The van der Waals surface area contributed by atoms with Crippen molar-refractivity contribution in [2.75, 3.05) is 79.3 Å². The lowest BCUT2D eigenvalue weighted by atomic mass is 10.7. The molecule has 0 aromatic rings. The van der Waals surface area contributed by atoms with Crippen LogP contribution in [0.4, 0.5) is 0 Å². The quantitative estimate of drug-likeness (QED) is 0.150. The molecule has 0 bridgehead atoms. The van der Waals surface area contributed by atoms with Gasteiger partial charge < -0.3 is 48.6 Å². The van der Waals surface area contributed by atoms with Gasteiger partial charge in [-0.05, 0) is 0 Å². The van der Waals surface area contributed by atoms with E-state index in [1.165, 1.54) is 0 Å². The first kappa shape index (κ1) is 26.1. The Hall–Kier alpha value is -0.170. The van der Waals surface area contributed by atoms with E-state index in [1.54, 1.807) is 0 Å². The summed E-state index contributed by atoms with van der Waals surface area (Å²) in [5.74, 6) is 0. The average molecular weight is 380 g/mol. The van der Waals surface area contributed by atoms with Crippen molar-refractivity contribution in [2.24, 2.45) is 0 Å². The van der Waals surface area contributed by atoms with Crippen molar-refractivity contribution in [3.05, 3.63) is 0 Å². The van der Waals surface area contributed by atoms with Gasteiger partial charge in [0.1, 0.15) is 0 Å². The Morgan fingerprint density at radius 2 is 0.667 bits per heavy atom. The van der Waals surface area contributed by atoms with Crippen LogP contribution < -0.4 is 0 Å². The minimum absolute atomic E-state index is 0.0359. The highest BCUT2D eigenvalue weighted by molar-refractivity contribution is 7.45. The summed E-state index contributed by atoms with van der Waals surface area (Å²) < 4.78 is 34.7. The lowest BCUT2D eigenvalue weighted by molar-refractivity contribution is -0.0151. The molecule has 148 valence electrons. The summed E-state index contributed by atoms with van der Waals surface area (Å²) in [4.78, 5) is 21.6. The lowest BCUT2D eigenvalue weighted by Gasteiger charge is -2.07. The van der Waals surface area contributed by atoms with Crippen LogP contribution >= 0.6 is 7.82 Å². The Labute approximate surface area is 141 Å². The molecule has 0 saturated heterocycles. The molecule has 0 aromatic carbocycles. The number of phosphoric acid groups is 1. The Morgan fingerprint density at radius 3 is 0.833 bits per heavy atom. The molecule has 0 saturated carbocycles. The van der Waals surface area contributed by atoms with Gasteiger partial charge in [-0.15, -0.1) is 0 Å². The molecular weight excluding hydrogens is 351 g/mol. The van der Waals surface area contributed by atoms with Crippen molar-refractivity contribution in [2.45, 2.75) is 0 Å². The predicted octanol–water partition coefficient (Wildman–Crippen LogP) is -1.87. The third-order valence-corrected chi connectivity index (χ3v) is 1.96. The van der Waals surface area contributed by atoms with Gasteiger partial charge in [0, 0.05) is 0 Å². The molecule has 0 aliphatic rings. The molecule has 0 aromatic heterocycles. The Morgan fingerprint density at radius 1 is 0.500 bits per heavy atom. The molecule has 0 aliphatic heterocycles. The molecule has 0 unspecified atom stereocenters. The zero-order chi connectivity index (χ0) is 18.5. The van der Waals surface area contributed by atoms with Gasteiger partial charge in [-0.2, -0.15) is 0 Å². The van der Waals surface area contributed by atoms with Crippen molar-refractivity contribution >= 4 is 7.82 Å². The highest BCUT2D eigenvalue weighted by Crippen LogP contribution is 2.25. The second-order valence-corrected chi connectivity index (χ2v) is 5.05. The van der Waals surface area contributed by atoms with Gasteiger partial charge in [-0.3, -0.25) is 0 Å². The fourth-order valence-electron chi connectivity index (χ4n) is 1.11. The van der Waals surface area contributed by atoms with Gasteiger partial charge in [0.05, 0.1) is 79.3 Å². The Kier molecular flexibility index (Phi) is 22.7. The fraction of sp³-hybridized carbons (Fsp3) is 1.00. The molecule has 0 fully saturated rings. The van der Waals surface area contributed by atoms with Crippen molar-refractivity contribution in [3.63, 3.8) is 0 Å². The average Bonchev–Trinajstić information content (AvgIpc) is 2.49. The second-order valence-electron chi connectivity index (χ2n) is 4.02. The van der Waals surface area contributed by atoms with Crippen LogP contribution in [0.1, 0.15) is 0 Å². The fourth-order valence-corrected chi connectivity index (χ4v) is 1.11. The first-order chi connectivity index (χ1) is 11.4. The molecule has 0 radical (unpaired) electrons. The summed E-state index contributed by atoms with van der Waals surface area (Å²) in [5, 5.41) is 16.9. The van der Waals surface area contributed by atoms with E-state index in [1.807, 2.05) is 0 Å². The maximum Gasteiger partial charge on any atom is 0.466 e. The zero-order valence-electron chi connectivity index (χ0n) is 13.6. The van der Waals surface area contributed by atoms with Crippen LogP contribution in [0.3, 0.4) is 0 Å². The topological polar surface area (TPSA) is 164 Å². The van der Waals surface area contributed by atoms with Gasteiger partial charge in [-0.25, -0.2) is 4.57 Å². The normalized spacial score (nSPS) is 11.2. The van der Waals surface area contributed by atoms with Crippen LogP contribution in [-0.2, 0) is 28.2 Å². The van der Waals surface area contributed by atoms with Crippen LogP contribution in [0, 0.1) is 0 Å². The van der Waals surface area contributed by atoms with E-state index in [2.05, 4.69) is 0 Å². The number of hydrogen-bond acceptors (Lipinski definition) is 8. The first-order valence-corrected chi connectivity index (χ1v) is 8.87. The van der Waals surface area contributed by atoms with Crippen molar-refractivity contribution in [3.8, 4) is 0 Å². The first-order valence-electron chi connectivity index (χ1n) is 7.30. The largest absolute Gasteiger partial charge is 0.466 e. The van der Waals surface area contributed by atoms with Crippen molar-refractivity contribution in [1.29, 1.82) is 0 Å². The maximum absolute atomic E-state index is 8.88. The summed E-state index contributed by atoms with van der Waals surface area (Å²) in [5.41, 5.74) is 0. The minimum Gasteiger partial charge on any atom is -0.394 e. The minimum atomic E-state index is -4.64. The van der Waals surface area contributed by atoms with E-state index in [0.29, 0.717) is 66.1 Å². The number of ether oxygens (including phenoxy) is 5. The molecule has 0 rings (SSSR count). The number of rotatable bonds is 16. The Balaban J connectivity index is 0.